The molecule has 0 spiro atoms. The van der Waals surface area contributed by atoms with Crippen LogP contribution in [0.25, 0.3) is 16.2 Å². The fraction of sp³-hybridized carbons (Fsp3) is 0.368. The first-order chi connectivity index (χ1) is 11.2. The van der Waals surface area contributed by atoms with Gasteiger partial charge in [-0.2, -0.15) is 5.26 Å². The van der Waals surface area contributed by atoms with Crippen LogP contribution in [0.5, 0.6) is 0 Å². The smallest absolute Gasteiger partial charge is 0.194 e. The number of aromatic nitrogens is 2. The highest BCUT2D eigenvalue weighted by Crippen LogP contribution is 2.36. The lowest BCUT2D eigenvalue weighted by atomic mass is 10.0. The van der Waals surface area contributed by atoms with Crippen LogP contribution in [0.3, 0.4) is 0 Å². The first-order valence-electron chi connectivity index (χ1n) is 8.15. The van der Waals surface area contributed by atoms with Gasteiger partial charge in [-0.3, -0.25) is 4.40 Å². The Bertz CT molecular complexity index is 940. The fourth-order valence-corrected chi connectivity index (χ4v) is 4.86. The highest BCUT2D eigenvalue weighted by Gasteiger charge is 2.23. The Hall–Kier alpha value is -2.12. The lowest BCUT2D eigenvalue weighted by molar-refractivity contribution is 0.671. The molecule has 1 aromatic carbocycles. The van der Waals surface area contributed by atoms with E-state index in [0.29, 0.717) is 6.42 Å². The van der Waals surface area contributed by atoms with Gasteiger partial charge in [0, 0.05) is 16.1 Å². The van der Waals surface area contributed by atoms with Gasteiger partial charge in [0.25, 0.3) is 0 Å². The summed E-state index contributed by atoms with van der Waals surface area (Å²) in [6.07, 6.45) is 5.19. The molecule has 4 heteroatoms. The molecule has 0 saturated heterocycles. The zero-order valence-electron chi connectivity index (χ0n) is 13.5. The first kappa shape index (κ1) is 14.5. The van der Waals surface area contributed by atoms with Crippen molar-refractivity contribution in [3.8, 4) is 17.3 Å². The summed E-state index contributed by atoms with van der Waals surface area (Å²) in [5, 5.41) is 9.34. The molecule has 23 heavy (non-hydrogen) atoms. The summed E-state index contributed by atoms with van der Waals surface area (Å²) >= 11 is 1.81. The van der Waals surface area contributed by atoms with Crippen molar-refractivity contribution in [2.45, 2.75) is 46.0 Å². The Morgan fingerprint density at radius 3 is 2.87 bits per heavy atom. The summed E-state index contributed by atoms with van der Waals surface area (Å²) < 4.78 is 2.27. The topological polar surface area (TPSA) is 41.1 Å². The van der Waals surface area contributed by atoms with Crippen LogP contribution >= 0.6 is 11.3 Å². The van der Waals surface area contributed by atoms with Crippen molar-refractivity contribution in [3.63, 3.8) is 0 Å². The number of benzene rings is 1. The third kappa shape index (κ3) is 2.27. The van der Waals surface area contributed by atoms with Crippen LogP contribution in [0, 0.1) is 25.2 Å². The van der Waals surface area contributed by atoms with Crippen LogP contribution in [-0.4, -0.2) is 9.38 Å². The van der Waals surface area contributed by atoms with E-state index in [-0.39, 0.29) is 0 Å². The summed E-state index contributed by atoms with van der Waals surface area (Å²) in [6.45, 7) is 4.23. The number of hydrogen-bond donors (Lipinski definition) is 0. The second-order valence-corrected chi connectivity index (χ2v) is 7.42. The first-order valence-corrected chi connectivity index (χ1v) is 8.97. The average molecular weight is 321 g/mol. The molecule has 0 aliphatic heterocycles. The number of nitrogens with zero attached hydrogens (tertiary/aromatic N) is 3. The number of fused-ring (bicyclic) bond motifs is 3. The molecule has 116 valence electrons. The lowest BCUT2D eigenvalue weighted by Crippen LogP contribution is -2.05. The molecule has 0 radical (unpaired) electrons. The maximum atomic E-state index is 9.34. The number of hydrogen-bond acceptors (Lipinski definition) is 3. The third-order valence-corrected chi connectivity index (χ3v) is 5.84. The van der Waals surface area contributed by atoms with Crippen LogP contribution in [-0.2, 0) is 19.3 Å². The van der Waals surface area contributed by atoms with E-state index in [0.717, 1.165) is 34.8 Å². The van der Waals surface area contributed by atoms with Crippen molar-refractivity contribution in [2.75, 3.05) is 0 Å². The van der Waals surface area contributed by atoms with Gasteiger partial charge in [0.2, 0.25) is 0 Å². The maximum Gasteiger partial charge on any atom is 0.194 e. The van der Waals surface area contributed by atoms with Crippen molar-refractivity contribution in [1.82, 2.24) is 9.38 Å². The molecule has 1 aliphatic carbocycles. The van der Waals surface area contributed by atoms with Crippen LogP contribution in [0.1, 0.15) is 40.2 Å². The average Bonchev–Trinajstić information content (AvgIpc) is 3.05. The Balaban J connectivity index is 1.98. The van der Waals surface area contributed by atoms with Crippen molar-refractivity contribution in [2.24, 2.45) is 0 Å². The van der Waals surface area contributed by atoms with E-state index in [1.807, 2.05) is 0 Å². The number of imidazole rings is 1. The van der Waals surface area contributed by atoms with Gasteiger partial charge in [0.05, 0.1) is 23.9 Å². The largest absolute Gasteiger partial charge is 0.290 e. The molecular weight excluding hydrogens is 302 g/mol. The van der Waals surface area contributed by atoms with Gasteiger partial charge in [-0.25, -0.2) is 4.98 Å². The minimum absolute atomic E-state index is 0.410. The van der Waals surface area contributed by atoms with Gasteiger partial charge in [0.15, 0.2) is 4.96 Å². The maximum absolute atomic E-state index is 9.34. The molecule has 2 heterocycles. The second kappa shape index (κ2) is 5.50. The Kier molecular flexibility index (Phi) is 3.46. The minimum atomic E-state index is 0.410. The Morgan fingerprint density at radius 1 is 1.26 bits per heavy atom. The second-order valence-electron chi connectivity index (χ2n) is 6.36. The van der Waals surface area contributed by atoms with Gasteiger partial charge in [-0.1, -0.05) is 23.8 Å². The molecule has 4 rings (SSSR count). The van der Waals surface area contributed by atoms with E-state index < -0.39 is 0 Å². The summed E-state index contributed by atoms with van der Waals surface area (Å²) in [4.78, 5) is 7.44. The Labute approximate surface area is 140 Å². The van der Waals surface area contributed by atoms with E-state index in [1.54, 1.807) is 11.3 Å². The van der Waals surface area contributed by atoms with Gasteiger partial charge in [-0.15, -0.1) is 11.3 Å². The third-order valence-electron chi connectivity index (χ3n) is 4.70. The zero-order chi connectivity index (χ0) is 16.0. The van der Waals surface area contributed by atoms with Crippen LogP contribution in [0.2, 0.25) is 0 Å². The molecule has 2 aromatic heterocycles. The predicted molar refractivity (Wildman–Crippen MR) is 93.9 cm³/mol. The molecule has 0 N–H and O–H groups in total. The molecular formula is C19H19N3S. The molecule has 0 unspecified atom stereocenters. The number of thiazole rings is 1. The van der Waals surface area contributed by atoms with Crippen LogP contribution in [0.4, 0.5) is 0 Å². The predicted octanol–water partition coefficient (Wildman–Crippen LogP) is 4.62. The summed E-state index contributed by atoms with van der Waals surface area (Å²) in [6, 6.07) is 8.80. The van der Waals surface area contributed by atoms with Crippen LogP contribution < -0.4 is 0 Å². The molecule has 3 aromatic rings. The van der Waals surface area contributed by atoms with Crippen molar-refractivity contribution in [1.29, 1.82) is 5.26 Å². The van der Waals surface area contributed by atoms with Gasteiger partial charge < -0.3 is 0 Å². The van der Waals surface area contributed by atoms with E-state index >= 15 is 0 Å². The van der Waals surface area contributed by atoms with E-state index in [9.17, 15) is 5.26 Å². The Morgan fingerprint density at radius 2 is 2.09 bits per heavy atom. The molecule has 0 saturated carbocycles. The van der Waals surface area contributed by atoms with Gasteiger partial charge >= 0.3 is 0 Å². The van der Waals surface area contributed by atoms with E-state index in [1.165, 1.54) is 34.5 Å². The van der Waals surface area contributed by atoms with Crippen LogP contribution in [0.15, 0.2) is 18.2 Å². The molecule has 0 atom stereocenters. The summed E-state index contributed by atoms with van der Waals surface area (Å²) in [7, 11) is 0. The SMILES string of the molecule is Cc1ccc(-c2nc3sc4c(n3c2CC#N)CCCC4)c(C)c1. The van der Waals surface area contributed by atoms with Crippen molar-refractivity contribution < 1.29 is 0 Å². The van der Waals surface area contributed by atoms with Crippen molar-refractivity contribution in [3.05, 3.63) is 45.6 Å². The number of aryl methyl sites for hydroxylation is 4. The summed E-state index contributed by atoms with van der Waals surface area (Å²) in [5.41, 5.74) is 7.08. The summed E-state index contributed by atoms with van der Waals surface area (Å²) in [5.74, 6) is 0. The monoisotopic (exact) mass is 321 g/mol. The zero-order valence-corrected chi connectivity index (χ0v) is 14.3. The highest BCUT2D eigenvalue weighted by atomic mass is 32.1. The minimum Gasteiger partial charge on any atom is -0.290 e. The lowest BCUT2D eigenvalue weighted by Gasteiger charge is -2.12. The molecule has 1 aliphatic rings. The standard InChI is InChI=1S/C19H19N3S/c1-12-7-8-14(13(2)11-12)18-16(9-10-20)22-15-5-3-4-6-17(15)23-19(22)21-18/h7-8,11H,3-6,9H2,1-2H3. The quantitative estimate of drug-likeness (QED) is 0.691. The van der Waals surface area contributed by atoms with Crippen molar-refractivity contribution >= 4 is 16.3 Å². The number of nitriles is 1. The van der Waals surface area contributed by atoms with Gasteiger partial charge in [0.1, 0.15) is 0 Å². The number of rotatable bonds is 2. The fourth-order valence-electron chi connectivity index (χ4n) is 3.63. The van der Waals surface area contributed by atoms with E-state index in [4.69, 9.17) is 4.98 Å². The molecule has 3 nitrogen and oxygen atoms in total. The highest BCUT2D eigenvalue weighted by molar-refractivity contribution is 7.17. The molecule has 0 bridgehead atoms. The normalized spacial score (nSPS) is 14.0. The molecule has 0 amide bonds. The van der Waals surface area contributed by atoms with Gasteiger partial charge in [-0.05, 0) is 45.1 Å². The van der Waals surface area contributed by atoms with E-state index in [2.05, 4.69) is 42.5 Å². The molecule has 0 fully saturated rings.